The number of carbonyl (C=O) groups excluding carboxylic acids is 2. The Morgan fingerprint density at radius 2 is 2.10 bits per heavy atom. The molecule has 0 aromatic heterocycles. The van der Waals surface area contributed by atoms with Gasteiger partial charge in [0, 0.05) is 12.6 Å². The number of nitrogens with one attached hydrogen (secondary N) is 2. The fraction of sp³-hybridized carbons (Fsp3) is 0.333. The third-order valence-electron chi connectivity index (χ3n) is 2.93. The fourth-order valence-corrected chi connectivity index (χ4v) is 1.93. The summed E-state index contributed by atoms with van der Waals surface area (Å²) in [6.45, 7) is 4.12. The summed E-state index contributed by atoms with van der Waals surface area (Å²) < 4.78 is 10.3. The number of amides is 2. The van der Waals surface area contributed by atoms with E-state index < -0.39 is 0 Å². The van der Waals surface area contributed by atoms with E-state index in [1.165, 1.54) is 13.2 Å². The smallest absolute Gasteiger partial charge is 0.290 e. The van der Waals surface area contributed by atoms with Crippen molar-refractivity contribution in [3.05, 3.63) is 41.9 Å². The lowest BCUT2D eigenvalue weighted by Crippen LogP contribution is -2.30. The molecular weight excluding hydrogens is 272 g/mol. The van der Waals surface area contributed by atoms with Gasteiger partial charge in [-0.3, -0.25) is 9.59 Å². The maximum atomic E-state index is 12.0. The normalized spacial score (nSPS) is 15.0. The van der Waals surface area contributed by atoms with Gasteiger partial charge in [0.15, 0.2) is 0 Å². The van der Waals surface area contributed by atoms with Gasteiger partial charge in [0.1, 0.15) is 19.5 Å². The van der Waals surface area contributed by atoms with Crippen LogP contribution in [0, 0.1) is 0 Å². The maximum Gasteiger partial charge on any atom is 0.290 e. The summed E-state index contributed by atoms with van der Waals surface area (Å²) in [5.74, 6) is -0.292. The lowest BCUT2D eigenvalue weighted by atomic mass is 10.1. The number of hydrogen-bond donors (Lipinski definition) is 2. The second-order valence-corrected chi connectivity index (χ2v) is 4.70. The highest BCUT2D eigenvalue weighted by Crippen LogP contribution is 2.18. The van der Waals surface area contributed by atoms with Crippen LogP contribution in [0.4, 0.5) is 5.69 Å². The molecule has 1 heterocycles. The molecule has 0 spiro atoms. The van der Waals surface area contributed by atoms with Crippen LogP contribution in [0.25, 0.3) is 0 Å². The van der Waals surface area contributed by atoms with Crippen molar-refractivity contribution in [2.45, 2.75) is 19.9 Å². The predicted molar refractivity (Wildman–Crippen MR) is 77.3 cm³/mol. The van der Waals surface area contributed by atoms with Gasteiger partial charge >= 0.3 is 0 Å². The summed E-state index contributed by atoms with van der Waals surface area (Å²) in [5.41, 5.74) is 1.57. The number of ether oxygens (including phenoxy) is 2. The topological polar surface area (TPSA) is 76.7 Å². The molecule has 0 unspecified atom stereocenters. The van der Waals surface area contributed by atoms with Gasteiger partial charge in [0.05, 0.1) is 6.04 Å². The first kappa shape index (κ1) is 14.9. The monoisotopic (exact) mass is 290 g/mol. The Labute approximate surface area is 123 Å². The molecule has 112 valence electrons. The minimum Gasteiger partial charge on any atom is -0.494 e. The first-order valence-corrected chi connectivity index (χ1v) is 6.69. The van der Waals surface area contributed by atoms with Crippen LogP contribution in [0.5, 0.6) is 0 Å². The predicted octanol–water partition coefficient (Wildman–Crippen LogP) is 1.71. The average Bonchev–Trinajstić information content (AvgIpc) is 2.47. The summed E-state index contributed by atoms with van der Waals surface area (Å²) in [6.07, 6.45) is 1.32. The molecule has 21 heavy (non-hydrogen) atoms. The summed E-state index contributed by atoms with van der Waals surface area (Å²) >= 11 is 0. The van der Waals surface area contributed by atoms with Gasteiger partial charge in [-0.25, -0.2) is 0 Å². The molecule has 2 rings (SSSR count). The second kappa shape index (κ2) is 6.78. The molecule has 6 nitrogen and oxygen atoms in total. The largest absolute Gasteiger partial charge is 0.494 e. The van der Waals surface area contributed by atoms with Crippen molar-refractivity contribution in [2.75, 3.05) is 18.5 Å². The summed E-state index contributed by atoms with van der Waals surface area (Å²) in [6, 6.07) is 7.09. The molecule has 0 aliphatic carbocycles. The van der Waals surface area contributed by atoms with E-state index in [9.17, 15) is 9.59 Å². The summed E-state index contributed by atoms with van der Waals surface area (Å²) in [7, 11) is 0. The van der Waals surface area contributed by atoms with Gasteiger partial charge in [0.25, 0.3) is 5.91 Å². The van der Waals surface area contributed by atoms with Gasteiger partial charge in [0.2, 0.25) is 11.7 Å². The average molecular weight is 290 g/mol. The molecule has 0 radical (unpaired) electrons. The van der Waals surface area contributed by atoms with Crippen molar-refractivity contribution in [1.29, 1.82) is 0 Å². The lowest BCUT2D eigenvalue weighted by Gasteiger charge is -2.19. The number of benzene rings is 1. The van der Waals surface area contributed by atoms with E-state index in [2.05, 4.69) is 10.6 Å². The third-order valence-corrected chi connectivity index (χ3v) is 2.93. The Kier molecular flexibility index (Phi) is 4.81. The Morgan fingerprint density at radius 1 is 1.29 bits per heavy atom. The quantitative estimate of drug-likeness (QED) is 0.885. The Hall–Kier alpha value is -2.50. The summed E-state index contributed by atoms with van der Waals surface area (Å²) in [4.78, 5) is 23.1. The number of hydrogen-bond acceptors (Lipinski definition) is 4. The van der Waals surface area contributed by atoms with Crippen molar-refractivity contribution < 1.29 is 19.1 Å². The molecule has 2 N–H and O–H groups in total. The van der Waals surface area contributed by atoms with E-state index in [1.54, 1.807) is 6.07 Å². The van der Waals surface area contributed by atoms with E-state index in [-0.39, 0.29) is 23.6 Å². The minimum absolute atomic E-state index is 0.137. The number of carbonyl (C=O) groups is 2. The van der Waals surface area contributed by atoms with Gasteiger partial charge in [-0.2, -0.15) is 0 Å². The summed E-state index contributed by atoms with van der Waals surface area (Å²) in [5, 5.41) is 5.53. The maximum absolute atomic E-state index is 12.0. The van der Waals surface area contributed by atoms with E-state index in [1.807, 2.05) is 25.1 Å². The van der Waals surface area contributed by atoms with E-state index in [4.69, 9.17) is 9.47 Å². The van der Waals surface area contributed by atoms with Gasteiger partial charge in [-0.05, 0) is 24.6 Å². The van der Waals surface area contributed by atoms with Gasteiger partial charge in [-0.1, -0.05) is 12.1 Å². The fourth-order valence-electron chi connectivity index (χ4n) is 1.93. The molecule has 1 aliphatic heterocycles. The number of rotatable bonds is 4. The Morgan fingerprint density at radius 3 is 2.76 bits per heavy atom. The van der Waals surface area contributed by atoms with Gasteiger partial charge < -0.3 is 20.1 Å². The molecule has 1 atom stereocenters. The van der Waals surface area contributed by atoms with Crippen LogP contribution in [0.1, 0.15) is 25.5 Å². The van der Waals surface area contributed by atoms with Crippen molar-refractivity contribution in [2.24, 2.45) is 0 Å². The number of anilines is 1. The highest BCUT2D eigenvalue weighted by Gasteiger charge is 2.18. The third kappa shape index (κ3) is 4.24. The zero-order valence-corrected chi connectivity index (χ0v) is 12.0. The molecule has 0 saturated heterocycles. The molecule has 2 amide bonds. The van der Waals surface area contributed by atoms with E-state index >= 15 is 0 Å². The van der Waals surface area contributed by atoms with E-state index in [0.29, 0.717) is 18.9 Å². The molecule has 0 bridgehead atoms. The van der Waals surface area contributed by atoms with Crippen LogP contribution in [-0.4, -0.2) is 25.0 Å². The minimum atomic E-state index is -0.327. The highest BCUT2D eigenvalue weighted by molar-refractivity contribution is 5.91. The van der Waals surface area contributed by atoms with Crippen LogP contribution in [0.15, 0.2) is 36.3 Å². The Balaban J connectivity index is 2.02. The van der Waals surface area contributed by atoms with E-state index in [0.717, 1.165) is 5.56 Å². The molecule has 6 heteroatoms. The molecular formula is C15H18N2O4. The molecule has 1 aromatic rings. The van der Waals surface area contributed by atoms with Crippen molar-refractivity contribution >= 4 is 17.5 Å². The Bertz CT molecular complexity index is 569. The first-order valence-electron chi connectivity index (χ1n) is 6.69. The molecule has 1 aromatic carbocycles. The van der Waals surface area contributed by atoms with Gasteiger partial charge in [-0.15, -0.1) is 0 Å². The second-order valence-electron chi connectivity index (χ2n) is 4.70. The highest BCUT2D eigenvalue weighted by atomic mass is 16.6. The van der Waals surface area contributed by atoms with Crippen molar-refractivity contribution in [3.8, 4) is 0 Å². The molecule has 0 fully saturated rings. The lowest BCUT2D eigenvalue weighted by molar-refractivity contribution is -0.123. The molecule has 0 saturated carbocycles. The zero-order chi connectivity index (χ0) is 15.2. The van der Waals surface area contributed by atoms with Crippen molar-refractivity contribution in [3.63, 3.8) is 0 Å². The van der Waals surface area contributed by atoms with Crippen molar-refractivity contribution in [1.82, 2.24) is 5.32 Å². The first-order chi connectivity index (χ1) is 10.1. The van der Waals surface area contributed by atoms with Crippen LogP contribution >= 0.6 is 0 Å². The zero-order valence-electron chi connectivity index (χ0n) is 12.0. The van der Waals surface area contributed by atoms with Crippen LogP contribution in [0.2, 0.25) is 0 Å². The SMILES string of the molecule is CC(=O)Nc1cccc([C@@H](C)NC(=O)C2=COCCO2)c1. The van der Waals surface area contributed by atoms with Crippen LogP contribution in [0.3, 0.4) is 0 Å². The van der Waals surface area contributed by atoms with Crippen LogP contribution < -0.4 is 10.6 Å². The van der Waals surface area contributed by atoms with Crippen LogP contribution in [-0.2, 0) is 19.1 Å². The molecule has 1 aliphatic rings. The standard InChI is InChI=1S/C15H18N2O4/c1-10(16-15(19)14-9-20-6-7-21-14)12-4-3-5-13(8-12)17-11(2)18/h3-5,8-10H,6-7H2,1-2H3,(H,16,19)(H,17,18)/t10-/m1/s1.